The predicted octanol–water partition coefficient (Wildman–Crippen LogP) is 3.01. The minimum atomic E-state index is -0.137. The highest BCUT2D eigenvalue weighted by Crippen LogP contribution is 2.31. The molecule has 3 N–H and O–H groups in total. The zero-order chi connectivity index (χ0) is 18.8. The van der Waals surface area contributed by atoms with Crippen LogP contribution in [-0.2, 0) is 6.42 Å². The van der Waals surface area contributed by atoms with Gasteiger partial charge in [-0.1, -0.05) is 36.4 Å². The Labute approximate surface area is 156 Å². The van der Waals surface area contributed by atoms with Gasteiger partial charge in [-0.2, -0.15) is 5.26 Å². The van der Waals surface area contributed by atoms with Crippen molar-refractivity contribution >= 4 is 11.7 Å². The standard InChI is InChI=1S/C21H17N5O/c22-11-18-20(23)24-12-19(25-18)14-5-3-6-15(10-14)21(27)26-17-9-8-13-4-1-2-7-16(13)17/h1-7,10,12,17H,8-9H2,(H2,23,24)(H,26,27)/t17-/m0/s1. The lowest BCUT2D eigenvalue weighted by Crippen LogP contribution is -2.27. The van der Waals surface area contributed by atoms with E-state index in [0.29, 0.717) is 16.8 Å². The number of nitrogen functional groups attached to an aromatic ring is 1. The van der Waals surface area contributed by atoms with Gasteiger partial charge in [-0.25, -0.2) is 9.97 Å². The van der Waals surface area contributed by atoms with Crippen molar-refractivity contribution < 1.29 is 4.79 Å². The topological polar surface area (TPSA) is 105 Å². The second-order valence-corrected chi connectivity index (χ2v) is 6.45. The smallest absolute Gasteiger partial charge is 0.251 e. The van der Waals surface area contributed by atoms with Gasteiger partial charge in [0.1, 0.15) is 6.07 Å². The van der Waals surface area contributed by atoms with E-state index < -0.39 is 0 Å². The first-order valence-electron chi connectivity index (χ1n) is 8.67. The molecular weight excluding hydrogens is 338 g/mol. The average molecular weight is 355 g/mol. The molecule has 132 valence electrons. The van der Waals surface area contributed by atoms with Crippen LogP contribution in [-0.4, -0.2) is 15.9 Å². The van der Waals surface area contributed by atoms with E-state index >= 15 is 0 Å². The Balaban J connectivity index is 1.58. The summed E-state index contributed by atoms with van der Waals surface area (Å²) in [4.78, 5) is 21.0. The fourth-order valence-corrected chi connectivity index (χ4v) is 3.39. The molecule has 2 aromatic carbocycles. The van der Waals surface area contributed by atoms with Gasteiger partial charge in [0.2, 0.25) is 0 Å². The number of nitriles is 1. The predicted molar refractivity (Wildman–Crippen MR) is 102 cm³/mol. The van der Waals surface area contributed by atoms with Crippen molar-refractivity contribution in [3.63, 3.8) is 0 Å². The van der Waals surface area contributed by atoms with Gasteiger partial charge in [-0.05, 0) is 36.1 Å². The Kier molecular flexibility index (Phi) is 4.27. The fraction of sp³-hybridized carbons (Fsp3) is 0.143. The summed E-state index contributed by atoms with van der Waals surface area (Å²) in [6.07, 6.45) is 3.37. The number of carbonyl (C=O) groups is 1. The van der Waals surface area contributed by atoms with Crippen LogP contribution in [0.15, 0.2) is 54.7 Å². The molecule has 6 nitrogen and oxygen atoms in total. The molecule has 1 aliphatic rings. The van der Waals surface area contributed by atoms with Crippen LogP contribution in [0.1, 0.15) is 39.6 Å². The molecule has 0 aliphatic heterocycles. The summed E-state index contributed by atoms with van der Waals surface area (Å²) >= 11 is 0. The van der Waals surface area contributed by atoms with Crippen molar-refractivity contribution in [2.75, 3.05) is 5.73 Å². The first kappa shape index (κ1) is 16.7. The number of nitrogens with zero attached hydrogens (tertiary/aromatic N) is 3. The molecule has 1 atom stereocenters. The molecule has 0 bridgehead atoms. The maximum Gasteiger partial charge on any atom is 0.251 e. The Hall–Kier alpha value is -3.72. The zero-order valence-electron chi connectivity index (χ0n) is 14.5. The number of aromatic nitrogens is 2. The lowest BCUT2D eigenvalue weighted by atomic mass is 10.1. The van der Waals surface area contributed by atoms with E-state index in [-0.39, 0.29) is 23.5 Å². The van der Waals surface area contributed by atoms with E-state index in [1.807, 2.05) is 24.3 Å². The van der Waals surface area contributed by atoms with E-state index in [2.05, 4.69) is 27.4 Å². The number of nitrogens with one attached hydrogen (secondary N) is 1. The van der Waals surface area contributed by atoms with Gasteiger partial charge in [-0.3, -0.25) is 4.79 Å². The van der Waals surface area contributed by atoms with Crippen LogP contribution in [0.2, 0.25) is 0 Å². The van der Waals surface area contributed by atoms with Crippen molar-refractivity contribution in [2.45, 2.75) is 18.9 Å². The summed E-state index contributed by atoms with van der Waals surface area (Å²) < 4.78 is 0. The molecule has 0 fully saturated rings. The summed E-state index contributed by atoms with van der Waals surface area (Å²) in [5.74, 6) is -0.0440. The quantitative estimate of drug-likeness (QED) is 0.751. The number of carbonyl (C=O) groups excluding carboxylic acids is 1. The fourth-order valence-electron chi connectivity index (χ4n) is 3.39. The molecule has 0 saturated carbocycles. The molecule has 3 aromatic rings. The molecule has 1 aromatic heterocycles. The van der Waals surface area contributed by atoms with Gasteiger partial charge < -0.3 is 11.1 Å². The maximum absolute atomic E-state index is 12.8. The highest BCUT2D eigenvalue weighted by atomic mass is 16.1. The van der Waals surface area contributed by atoms with Gasteiger partial charge in [0.05, 0.1) is 17.9 Å². The van der Waals surface area contributed by atoms with E-state index in [1.165, 1.54) is 17.3 Å². The molecule has 0 spiro atoms. The number of hydrogen-bond acceptors (Lipinski definition) is 5. The summed E-state index contributed by atoms with van der Waals surface area (Å²) in [5, 5.41) is 12.2. The van der Waals surface area contributed by atoms with Crippen molar-refractivity contribution in [1.82, 2.24) is 15.3 Å². The number of anilines is 1. The average Bonchev–Trinajstić information content (AvgIpc) is 3.11. The molecule has 4 rings (SSSR count). The second kappa shape index (κ2) is 6.89. The third kappa shape index (κ3) is 3.23. The van der Waals surface area contributed by atoms with Crippen LogP contribution in [0, 0.1) is 11.3 Å². The van der Waals surface area contributed by atoms with Crippen molar-refractivity contribution in [1.29, 1.82) is 5.26 Å². The molecular formula is C21H17N5O. The van der Waals surface area contributed by atoms with Crippen LogP contribution in [0.4, 0.5) is 5.82 Å². The van der Waals surface area contributed by atoms with Gasteiger partial charge in [-0.15, -0.1) is 0 Å². The largest absolute Gasteiger partial charge is 0.381 e. The minimum absolute atomic E-state index is 0.0267. The normalized spacial score (nSPS) is 15.0. The molecule has 1 aliphatic carbocycles. The van der Waals surface area contributed by atoms with Crippen LogP contribution in [0.25, 0.3) is 11.3 Å². The first-order chi connectivity index (χ1) is 13.2. The zero-order valence-corrected chi connectivity index (χ0v) is 14.5. The summed E-state index contributed by atoms with van der Waals surface area (Å²) in [5.41, 5.74) is 9.92. The van der Waals surface area contributed by atoms with Crippen LogP contribution < -0.4 is 11.1 Å². The van der Waals surface area contributed by atoms with Crippen LogP contribution in [0.3, 0.4) is 0 Å². The van der Waals surface area contributed by atoms with Gasteiger partial charge in [0, 0.05) is 11.1 Å². The van der Waals surface area contributed by atoms with Gasteiger partial charge in [0.15, 0.2) is 11.5 Å². The number of nitrogens with two attached hydrogens (primary N) is 1. The lowest BCUT2D eigenvalue weighted by Gasteiger charge is -2.14. The molecule has 1 heterocycles. The molecule has 27 heavy (non-hydrogen) atoms. The number of hydrogen-bond donors (Lipinski definition) is 2. The number of fused-ring (bicyclic) bond motifs is 1. The summed E-state index contributed by atoms with van der Waals surface area (Å²) in [7, 11) is 0. The number of aryl methyl sites for hydroxylation is 1. The monoisotopic (exact) mass is 355 g/mol. The van der Waals surface area contributed by atoms with E-state index in [1.54, 1.807) is 18.2 Å². The Bertz CT molecular complexity index is 1070. The molecule has 1 amide bonds. The van der Waals surface area contributed by atoms with Gasteiger partial charge in [0.25, 0.3) is 5.91 Å². The lowest BCUT2D eigenvalue weighted by molar-refractivity contribution is 0.0937. The second-order valence-electron chi connectivity index (χ2n) is 6.45. The maximum atomic E-state index is 12.8. The SMILES string of the molecule is N#Cc1nc(-c2cccc(C(=O)N[C@H]3CCc4ccccc43)c2)cnc1N. The third-order valence-corrected chi connectivity index (χ3v) is 4.77. The van der Waals surface area contributed by atoms with Crippen molar-refractivity contribution in [3.05, 3.63) is 77.1 Å². The summed E-state index contributed by atoms with van der Waals surface area (Å²) in [6, 6.07) is 17.3. The minimum Gasteiger partial charge on any atom is -0.381 e. The van der Waals surface area contributed by atoms with Gasteiger partial charge >= 0.3 is 0 Å². The van der Waals surface area contributed by atoms with Crippen LogP contribution >= 0.6 is 0 Å². The van der Waals surface area contributed by atoms with Crippen LogP contribution in [0.5, 0.6) is 0 Å². The molecule has 0 unspecified atom stereocenters. The van der Waals surface area contributed by atoms with E-state index in [9.17, 15) is 4.79 Å². The van der Waals surface area contributed by atoms with E-state index in [4.69, 9.17) is 11.0 Å². The Morgan fingerprint density at radius 3 is 2.93 bits per heavy atom. The number of rotatable bonds is 3. The molecule has 0 radical (unpaired) electrons. The highest BCUT2D eigenvalue weighted by Gasteiger charge is 2.23. The third-order valence-electron chi connectivity index (χ3n) is 4.77. The molecule has 6 heteroatoms. The summed E-state index contributed by atoms with van der Waals surface area (Å²) in [6.45, 7) is 0. The Morgan fingerprint density at radius 1 is 1.22 bits per heavy atom. The number of benzene rings is 2. The first-order valence-corrected chi connectivity index (χ1v) is 8.67. The van der Waals surface area contributed by atoms with E-state index in [0.717, 1.165) is 12.8 Å². The van der Waals surface area contributed by atoms with Crippen molar-refractivity contribution in [3.8, 4) is 17.3 Å². The highest BCUT2D eigenvalue weighted by molar-refractivity contribution is 5.95. The molecule has 0 saturated heterocycles. The Morgan fingerprint density at radius 2 is 2.07 bits per heavy atom. The van der Waals surface area contributed by atoms with Crippen molar-refractivity contribution in [2.24, 2.45) is 0 Å². The number of amides is 1.